The maximum absolute atomic E-state index is 11.6. The number of nitrogens with zero attached hydrogens (tertiary/aromatic N) is 2. The van der Waals surface area contributed by atoms with Gasteiger partial charge in [-0.25, -0.2) is 4.98 Å². The lowest BCUT2D eigenvalue weighted by molar-refractivity contribution is 1.01. The van der Waals surface area contributed by atoms with Crippen LogP contribution in [0.2, 0.25) is 0 Å². The van der Waals surface area contributed by atoms with E-state index in [2.05, 4.69) is 20.9 Å². The van der Waals surface area contributed by atoms with Crippen molar-refractivity contribution in [3.8, 4) is 0 Å². The summed E-state index contributed by atoms with van der Waals surface area (Å²) >= 11 is 3.29. The summed E-state index contributed by atoms with van der Waals surface area (Å²) < 4.78 is 1.54. The van der Waals surface area contributed by atoms with Crippen molar-refractivity contribution in [2.24, 2.45) is 0 Å². The highest BCUT2D eigenvalue weighted by Gasteiger charge is 2.00. The largest absolute Gasteiger partial charge is 0.269 e. The van der Waals surface area contributed by atoms with Gasteiger partial charge in [0.05, 0.1) is 5.69 Å². The van der Waals surface area contributed by atoms with Gasteiger partial charge in [-0.1, -0.05) is 15.9 Å². The number of fused-ring (bicyclic) bond motifs is 1. The van der Waals surface area contributed by atoms with E-state index in [0.717, 1.165) is 11.3 Å². The molecule has 2 aromatic rings. The van der Waals surface area contributed by atoms with Crippen molar-refractivity contribution in [3.05, 3.63) is 46.0 Å². The van der Waals surface area contributed by atoms with Crippen LogP contribution in [0.3, 0.4) is 0 Å². The van der Waals surface area contributed by atoms with Crippen molar-refractivity contribution in [1.82, 2.24) is 9.38 Å². The molecule has 72 valence electrons. The van der Waals surface area contributed by atoms with Gasteiger partial charge in [0.1, 0.15) is 5.65 Å². The number of rotatable bonds is 1. The summed E-state index contributed by atoms with van der Waals surface area (Å²) in [7, 11) is 0. The lowest BCUT2D eigenvalue weighted by Crippen LogP contribution is -2.14. The van der Waals surface area contributed by atoms with Crippen LogP contribution >= 0.6 is 15.9 Å². The number of aryl methyl sites for hydroxylation is 1. The second kappa shape index (κ2) is 3.53. The van der Waals surface area contributed by atoms with Gasteiger partial charge in [-0.3, -0.25) is 9.20 Å². The van der Waals surface area contributed by atoms with Gasteiger partial charge in [0.25, 0.3) is 5.56 Å². The zero-order valence-corrected chi connectivity index (χ0v) is 9.28. The van der Waals surface area contributed by atoms with Crippen molar-refractivity contribution in [1.29, 1.82) is 0 Å². The third-order valence-corrected chi connectivity index (χ3v) is 2.59. The number of aromatic nitrogens is 2. The number of hydrogen-bond acceptors (Lipinski definition) is 2. The zero-order valence-electron chi connectivity index (χ0n) is 7.70. The molecule has 3 nitrogen and oxygen atoms in total. The summed E-state index contributed by atoms with van der Waals surface area (Å²) in [5.41, 5.74) is 2.53. The molecule has 0 fully saturated rings. The van der Waals surface area contributed by atoms with Crippen LogP contribution in [-0.4, -0.2) is 9.38 Å². The van der Waals surface area contributed by atoms with Crippen LogP contribution in [0.5, 0.6) is 0 Å². The van der Waals surface area contributed by atoms with Gasteiger partial charge < -0.3 is 0 Å². The van der Waals surface area contributed by atoms with Crippen molar-refractivity contribution >= 4 is 21.6 Å². The van der Waals surface area contributed by atoms with E-state index in [1.165, 1.54) is 6.07 Å². The molecule has 0 aliphatic carbocycles. The Morgan fingerprint density at radius 2 is 2.29 bits per heavy atom. The molecule has 4 heteroatoms. The molecule has 0 atom stereocenters. The Bertz CT molecular complexity index is 533. The van der Waals surface area contributed by atoms with Crippen molar-refractivity contribution in [2.75, 3.05) is 0 Å². The van der Waals surface area contributed by atoms with E-state index >= 15 is 0 Å². The zero-order chi connectivity index (χ0) is 10.1. The Hall–Kier alpha value is -1.16. The molecule has 0 unspecified atom stereocenters. The van der Waals surface area contributed by atoms with Gasteiger partial charge in [0, 0.05) is 17.6 Å². The topological polar surface area (TPSA) is 34.4 Å². The first-order chi connectivity index (χ1) is 6.70. The maximum Gasteiger partial charge on any atom is 0.258 e. The fourth-order valence-corrected chi connectivity index (χ4v) is 1.61. The number of pyridine rings is 1. The predicted molar refractivity (Wildman–Crippen MR) is 58.8 cm³/mol. The first kappa shape index (κ1) is 9.40. The molecule has 0 N–H and O–H groups in total. The molecule has 2 rings (SSSR count). The Kier molecular flexibility index (Phi) is 2.37. The molecule has 0 bridgehead atoms. The average molecular weight is 253 g/mol. The lowest BCUT2D eigenvalue weighted by atomic mass is 10.3. The molecule has 0 aromatic carbocycles. The molecule has 0 aliphatic rings. The van der Waals surface area contributed by atoms with Gasteiger partial charge in [-0.15, -0.1) is 0 Å². The normalized spacial score (nSPS) is 10.7. The minimum atomic E-state index is -0.0375. The van der Waals surface area contributed by atoms with E-state index in [-0.39, 0.29) is 5.56 Å². The fraction of sp³-hybridized carbons (Fsp3) is 0.200. The Morgan fingerprint density at radius 3 is 3.00 bits per heavy atom. The van der Waals surface area contributed by atoms with E-state index in [1.54, 1.807) is 10.6 Å². The van der Waals surface area contributed by atoms with Crippen LogP contribution in [0.1, 0.15) is 11.3 Å². The smallest absolute Gasteiger partial charge is 0.258 e. The van der Waals surface area contributed by atoms with Crippen LogP contribution in [0.4, 0.5) is 0 Å². The first-order valence-corrected chi connectivity index (χ1v) is 5.38. The van der Waals surface area contributed by atoms with Gasteiger partial charge in [-0.05, 0) is 24.6 Å². The maximum atomic E-state index is 11.6. The summed E-state index contributed by atoms with van der Waals surface area (Å²) in [4.78, 5) is 15.9. The summed E-state index contributed by atoms with van der Waals surface area (Å²) in [6.45, 7) is 1.98. The standard InChI is InChI=1S/C10H9BrN2O/c1-7-2-3-13-9(4-7)12-8(6-11)5-10(13)14/h2-5H,6H2,1H3. The van der Waals surface area contributed by atoms with Gasteiger partial charge >= 0.3 is 0 Å². The Labute approximate surface area is 89.5 Å². The number of halogens is 1. The highest BCUT2D eigenvalue weighted by Crippen LogP contribution is 2.04. The monoisotopic (exact) mass is 252 g/mol. The molecule has 0 amide bonds. The van der Waals surface area contributed by atoms with E-state index in [1.807, 2.05) is 19.1 Å². The van der Waals surface area contributed by atoms with Gasteiger partial charge in [0.2, 0.25) is 0 Å². The molecular formula is C10H9BrN2O. The summed E-state index contributed by atoms with van der Waals surface area (Å²) in [6, 6.07) is 5.33. The third kappa shape index (κ3) is 1.57. The van der Waals surface area contributed by atoms with E-state index in [9.17, 15) is 4.79 Å². The molecule has 2 heterocycles. The molecule has 0 saturated carbocycles. The Morgan fingerprint density at radius 1 is 1.50 bits per heavy atom. The highest BCUT2D eigenvalue weighted by molar-refractivity contribution is 9.08. The van der Waals surface area contributed by atoms with Crippen molar-refractivity contribution < 1.29 is 0 Å². The summed E-state index contributed by atoms with van der Waals surface area (Å²) in [5.74, 6) is 0. The number of alkyl halides is 1. The van der Waals surface area contributed by atoms with Crippen LogP contribution in [-0.2, 0) is 5.33 Å². The third-order valence-electron chi connectivity index (χ3n) is 2.01. The van der Waals surface area contributed by atoms with Gasteiger partial charge in [-0.2, -0.15) is 0 Å². The fourth-order valence-electron chi connectivity index (χ4n) is 1.32. The molecular weight excluding hydrogens is 244 g/mol. The quantitative estimate of drug-likeness (QED) is 0.727. The van der Waals surface area contributed by atoms with Crippen molar-refractivity contribution in [3.63, 3.8) is 0 Å². The molecule has 0 spiro atoms. The van der Waals surface area contributed by atoms with Gasteiger partial charge in [0.15, 0.2) is 0 Å². The second-order valence-corrected chi connectivity index (χ2v) is 3.71. The van der Waals surface area contributed by atoms with E-state index < -0.39 is 0 Å². The molecule has 14 heavy (non-hydrogen) atoms. The summed E-state index contributed by atoms with van der Waals surface area (Å²) in [6.07, 6.45) is 1.75. The van der Waals surface area contributed by atoms with Crippen LogP contribution in [0.15, 0.2) is 29.2 Å². The lowest BCUT2D eigenvalue weighted by Gasteiger charge is -2.02. The minimum Gasteiger partial charge on any atom is -0.269 e. The highest BCUT2D eigenvalue weighted by atomic mass is 79.9. The molecule has 0 saturated heterocycles. The van der Waals surface area contributed by atoms with Crippen LogP contribution in [0, 0.1) is 6.92 Å². The molecule has 2 aromatic heterocycles. The summed E-state index contributed by atoms with van der Waals surface area (Å²) in [5, 5.41) is 0.604. The van der Waals surface area contributed by atoms with E-state index in [0.29, 0.717) is 11.0 Å². The van der Waals surface area contributed by atoms with Crippen LogP contribution < -0.4 is 5.56 Å². The number of hydrogen-bond donors (Lipinski definition) is 0. The Balaban J connectivity index is 2.84. The van der Waals surface area contributed by atoms with E-state index in [4.69, 9.17) is 0 Å². The average Bonchev–Trinajstić information content (AvgIpc) is 2.16. The molecule has 0 radical (unpaired) electrons. The molecule has 0 aliphatic heterocycles. The SMILES string of the molecule is Cc1ccn2c(=O)cc(CBr)nc2c1. The predicted octanol–water partition coefficient (Wildman–Crippen LogP) is 1.90. The second-order valence-electron chi connectivity index (χ2n) is 3.15. The van der Waals surface area contributed by atoms with Crippen molar-refractivity contribution in [2.45, 2.75) is 12.3 Å². The first-order valence-electron chi connectivity index (χ1n) is 4.25. The van der Waals surface area contributed by atoms with Crippen LogP contribution in [0.25, 0.3) is 5.65 Å². The minimum absolute atomic E-state index is 0.0375.